The minimum absolute atomic E-state index is 0.0969. The summed E-state index contributed by atoms with van der Waals surface area (Å²) in [5.41, 5.74) is 3.24. The van der Waals surface area contributed by atoms with Crippen LogP contribution in [0, 0.1) is 6.92 Å². The van der Waals surface area contributed by atoms with Crippen LogP contribution in [0.15, 0.2) is 113 Å². The molecule has 0 unspecified atom stereocenters. The topological polar surface area (TPSA) is 88.4 Å². The van der Waals surface area contributed by atoms with Crippen molar-refractivity contribution in [2.45, 2.75) is 6.92 Å². The van der Waals surface area contributed by atoms with Gasteiger partial charge in [-0.15, -0.1) is 0 Å². The summed E-state index contributed by atoms with van der Waals surface area (Å²) in [5.74, 6) is -0.494. The predicted octanol–water partition coefficient (Wildman–Crippen LogP) is 5.89. The van der Waals surface area contributed by atoms with Gasteiger partial charge in [-0.3, -0.25) is 14.4 Å². The van der Waals surface area contributed by atoms with Gasteiger partial charge >= 0.3 is 0 Å². The molecule has 6 nitrogen and oxygen atoms in total. The molecule has 0 atom stereocenters. The number of carbonyl (C=O) groups excluding carboxylic acids is 3. The van der Waals surface area contributed by atoms with Crippen LogP contribution in [0.1, 0.15) is 37.6 Å². The van der Waals surface area contributed by atoms with E-state index in [2.05, 4.69) is 10.6 Å². The minimum Gasteiger partial charge on any atom is -0.465 e. The van der Waals surface area contributed by atoms with Crippen LogP contribution < -0.4 is 10.6 Å². The first-order chi connectivity index (χ1) is 17.5. The first-order valence-corrected chi connectivity index (χ1v) is 11.3. The van der Waals surface area contributed by atoms with E-state index in [1.54, 1.807) is 72.8 Å². The summed E-state index contributed by atoms with van der Waals surface area (Å²) in [6, 6.07) is 26.3. The minimum atomic E-state index is -0.487. The molecule has 2 N–H and O–H groups in total. The summed E-state index contributed by atoms with van der Waals surface area (Å²) in [6.07, 6.45) is 6.19. The van der Waals surface area contributed by atoms with Crippen molar-refractivity contribution in [3.8, 4) is 0 Å². The lowest BCUT2D eigenvalue weighted by Gasteiger charge is -2.12. The summed E-state index contributed by atoms with van der Waals surface area (Å²) in [7, 11) is 0. The Kier molecular flexibility index (Phi) is 7.68. The Morgan fingerprint density at radius 3 is 2.19 bits per heavy atom. The number of allylic oxidation sites excluding steroid dienone is 1. The zero-order valence-corrected chi connectivity index (χ0v) is 19.6. The number of benzene rings is 3. The number of hydrogen-bond donors (Lipinski definition) is 2. The second-order valence-electron chi connectivity index (χ2n) is 7.98. The molecule has 0 bridgehead atoms. The van der Waals surface area contributed by atoms with E-state index in [1.807, 2.05) is 37.3 Å². The van der Waals surface area contributed by atoms with Crippen molar-refractivity contribution in [3.05, 3.63) is 137 Å². The van der Waals surface area contributed by atoms with Gasteiger partial charge in [-0.1, -0.05) is 42.5 Å². The lowest BCUT2D eigenvalue weighted by molar-refractivity contribution is -0.113. The van der Waals surface area contributed by atoms with Crippen LogP contribution in [0.25, 0.3) is 12.2 Å². The van der Waals surface area contributed by atoms with Gasteiger partial charge in [0.25, 0.3) is 11.8 Å². The number of nitrogens with one attached hydrogen (secondary N) is 2. The first-order valence-electron chi connectivity index (χ1n) is 11.3. The number of anilines is 1. The first kappa shape index (κ1) is 24.2. The Balaban J connectivity index is 1.51. The van der Waals surface area contributed by atoms with Gasteiger partial charge in [0.1, 0.15) is 11.5 Å². The second-order valence-corrected chi connectivity index (χ2v) is 7.98. The van der Waals surface area contributed by atoms with Gasteiger partial charge in [-0.25, -0.2) is 0 Å². The van der Waals surface area contributed by atoms with Crippen LogP contribution in [0.4, 0.5) is 5.69 Å². The fraction of sp³-hybridized carbons (Fsp3) is 0.0333. The zero-order chi connectivity index (χ0) is 25.3. The van der Waals surface area contributed by atoms with E-state index in [4.69, 9.17) is 4.42 Å². The normalized spacial score (nSPS) is 11.3. The Hall–Kier alpha value is -4.97. The molecule has 0 aliphatic carbocycles. The van der Waals surface area contributed by atoms with Crippen molar-refractivity contribution in [2.75, 3.05) is 5.32 Å². The van der Waals surface area contributed by atoms with Crippen LogP contribution in [-0.4, -0.2) is 17.6 Å². The molecule has 0 radical (unpaired) electrons. The maximum absolute atomic E-state index is 13.2. The highest BCUT2D eigenvalue weighted by molar-refractivity contribution is 6.11. The molecule has 1 heterocycles. The van der Waals surface area contributed by atoms with Crippen molar-refractivity contribution < 1.29 is 18.8 Å². The summed E-state index contributed by atoms with van der Waals surface area (Å²) >= 11 is 0. The number of rotatable bonds is 8. The highest BCUT2D eigenvalue weighted by Crippen LogP contribution is 2.16. The monoisotopic (exact) mass is 476 g/mol. The Morgan fingerprint density at radius 2 is 1.50 bits per heavy atom. The van der Waals surface area contributed by atoms with E-state index >= 15 is 0 Å². The molecule has 0 fully saturated rings. The fourth-order valence-corrected chi connectivity index (χ4v) is 3.40. The highest BCUT2D eigenvalue weighted by atomic mass is 16.3. The smallest absolute Gasteiger partial charge is 0.272 e. The largest absolute Gasteiger partial charge is 0.465 e. The maximum Gasteiger partial charge on any atom is 0.272 e. The summed E-state index contributed by atoms with van der Waals surface area (Å²) < 4.78 is 5.19. The standard InChI is InChI=1S/C30H24N2O4/c1-21-8-5-6-11-24(21)20-27(32-29(34)23-9-3-2-4-10-23)30(35)31-25-15-13-22(14-16-25)28(33)18-17-26-12-7-19-36-26/h2-20H,1H3,(H,31,35)(H,32,34)/b18-17+,27-20-. The average molecular weight is 477 g/mol. The molecule has 6 heteroatoms. The van der Waals surface area contributed by atoms with Crippen LogP contribution >= 0.6 is 0 Å². The lowest BCUT2D eigenvalue weighted by atomic mass is 10.1. The van der Waals surface area contributed by atoms with Crippen LogP contribution in [0.5, 0.6) is 0 Å². The van der Waals surface area contributed by atoms with Gasteiger partial charge in [0.15, 0.2) is 5.78 Å². The van der Waals surface area contributed by atoms with Crippen molar-refractivity contribution >= 4 is 35.4 Å². The van der Waals surface area contributed by atoms with Crippen molar-refractivity contribution in [1.82, 2.24) is 5.32 Å². The van der Waals surface area contributed by atoms with Crippen molar-refractivity contribution in [2.24, 2.45) is 0 Å². The van der Waals surface area contributed by atoms with Crippen LogP contribution in [-0.2, 0) is 4.79 Å². The third-order valence-corrected chi connectivity index (χ3v) is 5.39. The van der Waals surface area contributed by atoms with E-state index in [9.17, 15) is 14.4 Å². The summed E-state index contributed by atoms with van der Waals surface area (Å²) in [4.78, 5) is 38.3. The van der Waals surface area contributed by atoms with Gasteiger partial charge in [-0.2, -0.15) is 0 Å². The Morgan fingerprint density at radius 1 is 0.778 bits per heavy atom. The van der Waals surface area contributed by atoms with Crippen molar-refractivity contribution in [3.63, 3.8) is 0 Å². The molecule has 1 aromatic heterocycles. The second kappa shape index (κ2) is 11.4. The molecular weight excluding hydrogens is 452 g/mol. The molecule has 3 aromatic carbocycles. The quantitative estimate of drug-likeness (QED) is 0.245. The maximum atomic E-state index is 13.2. The molecule has 0 saturated carbocycles. The molecule has 0 spiro atoms. The molecule has 0 aliphatic rings. The number of aryl methyl sites for hydroxylation is 1. The van der Waals surface area contributed by atoms with Gasteiger partial charge in [0.05, 0.1) is 6.26 Å². The molecule has 4 rings (SSSR count). The molecule has 4 aromatic rings. The van der Waals surface area contributed by atoms with Gasteiger partial charge in [0, 0.05) is 16.8 Å². The zero-order valence-electron chi connectivity index (χ0n) is 19.6. The average Bonchev–Trinajstić information content (AvgIpc) is 3.43. The molecule has 178 valence electrons. The van der Waals surface area contributed by atoms with E-state index in [-0.39, 0.29) is 11.5 Å². The van der Waals surface area contributed by atoms with Gasteiger partial charge < -0.3 is 15.1 Å². The Bertz CT molecular complexity index is 1420. The molecule has 2 amide bonds. The van der Waals surface area contributed by atoms with Crippen LogP contribution in [0.3, 0.4) is 0 Å². The number of carbonyl (C=O) groups is 3. The third-order valence-electron chi connectivity index (χ3n) is 5.39. The molecule has 36 heavy (non-hydrogen) atoms. The summed E-state index contributed by atoms with van der Waals surface area (Å²) in [6.45, 7) is 1.93. The third kappa shape index (κ3) is 6.33. The molecule has 0 saturated heterocycles. The van der Waals surface area contributed by atoms with Gasteiger partial charge in [0.2, 0.25) is 0 Å². The number of furan rings is 1. The van der Waals surface area contributed by atoms with E-state index in [0.29, 0.717) is 22.6 Å². The van der Waals surface area contributed by atoms with Crippen LogP contribution in [0.2, 0.25) is 0 Å². The lowest BCUT2D eigenvalue weighted by Crippen LogP contribution is -2.30. The number of hydrogen-bond acceptors (Lipinski definition) is 4. The number of amides is 2. The van der Waals surface area contributed by atoms with E-state index in [0.717, 1.165) is 11.1 Å². The summed E-state index contributed by atoms with van der Waals surface area (Å²) in [5, 5.41) is 5.52. The highest BCUT2D eigenvalue weighted by Gasteiger charge is 2.15. The van der Waals surface area contributed by atoms with Gasteiger partial charge in [-0.05, 0) is 84.8 Å². The fourth-order valence-electron chi connectivity index (χ4n) is 3.40. The molecular formula is C30H24N2O4. The number of ketones is 1. The van der Waals surface area contributed by atoms with E-state index in [1.165, 1.54) is 12.3 Å². The van der Waals surface area contributed by atoms with E-state index < -0.39 is 11.8 Å². The SMILES string of the molecule is Cc1ccccc1/C=C(\NC(=O)c1ccccc1)C(=O)Nc1ccc(C(=O)/C=C/c2ccco2)cc1. The predicted molar refractivity (Wildman–Crippen MR) is 140 cm³/mol. The molecule has 0 aliphatic heterocycles. The Labute approximate surface area is 209 Å². The van der Waals surface area contributed by atoms with Crippen molar-refractivity contribution in [1.29, 1.82) is 0 Å².